The van der Waals surface area contributed by atoms with Gasteiger partial charge in [0, 0.05) is 26.4 Å². The summed E-state index contributed by atoms with van der Waals surface area (Å²) in [4.78, 5) is 23.0. The normalized spacial score (nSPS) is 10.9. The first-order valence-electron chi connectivity index (χ1n) is 9.50. The third-order valence-electron chi connectivity index (χ3n) is 4.22. The van der Waals surface area contributed by atoms with Gasteiger partial charge < -0.3 is 29.9 Å². The van der Waals surface area contributed by atoms with Gasteiger partial charge in [0.15, 0.2) is 0 Å². The number of unbranched alkanes of at least 4 members (excludes halogenated alkanes) is 4. The Bertz CT molecular complexity index is 614. The molecule has 0 aliphatic rings. The van der Waals surface area contributed by atoms with Crippen molar-refractivity contribution in [2.75, 3.05) is 26.4 Å². The molecule has 0 spiro atoms. The molecule has 158 valence electrons. The molecule has 1 rings (SSSR count). The zero-order valence-corrected chi connectivity index (χ0v) is 16.1. The monoisotopic (exact) mass is 398 g/mol. The van der Waals surface area contributed by atoms with Gasteiger partial charge in [-0.3, -0.25) is 0 Å². The maximum Gasteiger partial charge on any atom is 0.336 e. The van der Waals surface area contributed by atoms with Gasteiger partial charge in [-0.15, -0.1) is 0 Å². The van der Waals surface area contributed by atoms with Crippen molar-refractivity contribution >= 4 is 11.9 Å². The van der Waals surface area contributed by atoms with E-state index in [1.54, 1.807) is 0 Å². The molecule has 0 aromatic heterocycles. The van der Waals surface area contributed by atoms with E-state index < -0.39 is 11.9 Å². The standard InChI is InChI=1S/C20H30O8/c21-7-3-1-5-9-27-13-16-11-15(19(23)24)12-17(20(25)26)18(16)14-28-10-6-2-4-8-22/h11-12,21-22H,1-10,13-14H2,(H,23,24)(H,25,26). The molecule has 1 aromatic rings. The van der Waals surface area contributed by atoms with Gasteiger partial charge in [-0.1, -0.05) is 0 Å². The van der Waals surface area contributed by atoms with Gasteiger partial charge in [-0.25, -0.2) is 9.59 Å². The van der Waals surface area contributed by atoms with Gasteiger partial charge in [0.25, 0.3) is 0 Å². The minimum Gasteiger partial charge on any atom is -0.478 e. The van der Waals surface area contributed by atoms with Gasteiger partial charge in [0.2, 0.25) is 0 Å². The van der Waals surface area contributed by atoms with Crippen molar-refractivity contribution in [3.8, 4) is 0 Å². The van der Waals surface area contributed by atoms with E-state index in [4.69, 9.17) is 19.7 Å². The number of hydrogen-bond donors (Lipinski definition) is 4. The van der Waals surface area contributed by atoms with Gasteiger partial charge >= 0.3 is 11.9 Å². The molecule has 0 saturated heterocycles. The highest BCUT2D eigenvalue weighted by atomic mass is 16.5. The molecule has 1 aromatic carbocycles. The summed E-state index contributed by atoms with van der Waals surface area (Å²) in [5.41, 5.74) is 0.682. The maximum absolute atomic E-state index is 11.6. The lowest BCUT2D eigenvalue weighted by molar-refractivity contribution is 0.0682. The highest BCUT2D eigenvalue weighted by molar-refractivity contribution is 5.95. The third kappa shape index (κ3) is 8.79. The number of aromatic carboxylic acids is 2. The second-order valence-corrected chi connectivity index (χ2v) is 6.45. The Kier molecular flexibility index (Phi) is 12.1. The van der Waals surface area contributed by atoms with Crippen LogP contribution in [0.4, 0.5) is 0 Å². The molecule has 4 N–H and O–H groups in total. The second-order valence-electron chi connectivity index (χ2n) is 6.45. The van der Waals surface area contributed by atoms with Crippen LogP contribution >= 0.6 is 0 Å². The van der Waals surface area contributed by atoms with Crippen LogP contribution in [0.1, 0.15) is 70.4 Å². The quantitative estimate of drug-likeness (QED) is 0.312. The Morgan fingerprint density at radius 2 is 1.32 bits per heavy atom. The zero-order chi connectivity index (χ0) is 20.8. The number of rotatable bonds is 16. The average molecular weight is 398 g/mol. The number of carboxylic acids is 2. The van der Waals surface area contributed by atoms with Crippen molar-refractivity contribution < 1.29 is 39.5 Å². The largest absolute Gasteiger partial charge is 0.478 e. The summed E-state index contributed by atoms with van der Waals surface area (Å²) in [7, 11) is 0. The Hall–Kier alpha value is -2.00. The van der Waals surface area contributed by atoms with Crippen LogP contribution in [0.2, 0.25) is 0 Å². The SMILES string of the molecule is O=C(O)c1cc(COCCCCCO)c(COCCCCCO)c(C(=O)O)c1. The van der Waals surface area contributed by atoms with Crippen LogP contribution in [-0.2, 0) is 22.7 Å². The van der Waals surface area contributed by atoms with E-state index in [9.17, 15) is 19.8 Å². The van der Waals surface area contributed by atoms with Crippen molar-refractivity contribution in [3.05, 3.63) is 34.4 Å². The predicted molar refractivity (Wildman–Crippen MR) is 102 cm³/mol. The van der Waals surface area contributed by atoms with Crippen molar-refractivity contribution in [2.45, 2.75) is 51.7 Å². The van der Waals surface area contributed by atoms with Gasteiger partial charge in [-0.2, -0.15) is 0 Å². The molecule has 8 heteroatoms. The van der Waals surface area contributed by atoms with Crippen LogP contribution in [0.3, 0.4) is 0 Å². The molecule has 0 atom stereocenters. The van der Waals surface area contributed by atoms with Crippen molar-refractivity contribution in [1.29, 1.82) is 0 Å². The molecule has 0 fully saturated rings. The molecule has 0 bridgehead atoms. The third-order valence-corrected chi connectivity index (χ3v) is 4.22. The minimum atomic E-state index is -1.22. The molecule has 0 radical (unpaired) electrons. The Labute approximate surface area is 164 Å². The van der Waals surface area contributed by atoms with E-state index in [0.29, 0.717) is 37.2 Å². The van der Waals surface area contributed by atoms with E-state index in [0.717, 1.165) is 31.7 Å². The lowest BCUT2D eigenvalue weighted by atomic mass is 9.98. The Balaban J connectivity index is 2.84. The number of ether oxygens (including phenoxy) is 2. The summed E-state index contributed by atoms with van der Waals surface area (Å²) in [6.45, 7) is 1.23. The lowest BCUT2D eigenvalue weighted by Crippen LogP contribution is -2.12. The number of benzene rings is 1. The van der Waals surface area contributed by atoms with Gasteiger partial charge in [-0.05, 0) is 61.8 Å². The van der Waals surface area contributed by atoms with Crippen LogP contribution in [-0.4, -0.2) is 58.8 Å². The number of carboxylic acid groups (broad SMARTS) is 2. The molecule has 0 heterocycles. The molecule has 0 aliphatic heterocycles. The van der Waals surface area contributed by atoms with E-state index in [-0.39, 0.29) is 37.6 Å². The molecule has 0 aliphatic carbocycles. The molecule has 28 heavy (non-hydrogen) atoms. The van der Waals surface area contributed by atoms with E-state index in [2.05, 4.69) is 0 Å². The molecule has 0 amide bonds. The fraction of sp³-hybridized carbons (Fsp3) is 0.600. The second kappa shape index (κ2) is 14.1. The topological polar surface area (TPSA) is 134 Å². The summed E-state index contributed by atoms with van der Waals surface area (Å²) in [6.07, 6.45) is 4.50. The summed E-state index contributed by atoms with van der Waals surface area (Å²) in [6, 6.07) is 2.56. The van der Waals surface area contributed by atoms with Crippen molar-refractivity contribution in [2.24, 2.45) is 0 Å². The maximum atomic E-state index is 11.6. The van der Waals surface area contributed by atoms with Crippen molar-refractivity contribution in [1.82, 2.24) is 0 Å². The molecule has 0 saturated carbocycles. The highest BCUT2D eigenvalue weighted by Gasteiger charge is 2.19. The Morgan fingerprint density at radius 3 is 1.82 bits per heavy atom. The minimum absolute atomic E-state index is 0.0455. The number of aliphatic hydroxyl groups excluding tert-OH is 2. The van der Waals surface area contributed by atoms with Crippen LogP contribution in [0.15, 0.2) is 12.1 Å². The van der Waals surface area contributed by atoms with E-state index in [1.807, 2.05) is 0 Å². The smallest absolute Gasteiger partial charge is 0.336 e. The average Bonchev–Trinajstić information content (AvgIpc) is 2.67. The molecular weight excluding hydrogens is 368 g/mol. The van der Waals surface area contributed by atoms with Gasteiger partial charge in [0.05, 0.1) is 24.3 Å². The van der Waals surface area contributed by atoms with Crippen LogP contribution in [0.25, 0.3) is 0 Å². The number of aliphatic hydroxyl groups is 2. The predicted octanol–water partition coefficient (Wildman–Crippen LogP) is 2.44. The highest BCUT2D eigenvalue weighted by Crippen LogP contribution is 2.21. The van der Waals surface area contributed by atoms with Crippen molar-refractivity contribution in [3.63, 3.8) is 0 Å². The zero-order valence-electron chi connectivity index (χ0n) is 16.1. The summed E-state index contributed by atoms with van der Waals surface area (Å²) < 4.78 is 11.2. The van der Waals surface area contributed by atoms with Crippen LogP contribution in [0.5, 0.6) is 0 Å². The van der Waals surface area contributed by atoms with E-state index in [1.165, 1.54) is 6.07 Å². The van der Waals surface area contributed by atoms with Gasteiger partial charge in [0.1, 0.15) is 0 Å². The lowest BCUT2D eigenvalue weighted by Gasteiger charge is -2.15. The molecule has 0 unspecified atom stereocenters. The first-order chi connectivity index (χ1) is 13.5. The molecule has 8 nitrogen and oxygen atoms in total. The first-order valence-corrected chi connectivity index (χ1v) is 9.50. The summed E-state index contributed by atoms with van der Waals surface area (Å²) in [5.74, 6) is -2.42. The number of hydrogen-bond acceptors (Lipinski definition) is 6. The fourth-order valence-electron chi connectivity index (χ4n) is 2.69. The summed E-state index contributed by atoms with van der Waals surface area (Å²) >= 11 is 0. The fourth-order valence-corrected chi connectivity index (χ4v) is 2.69. The number of carbonyl (C=O) groups is 2. The molecular formula is C20H30O8. The van der Waals surface area contributed by atoms with Crippen LogP contribution in [0, 0.1) is 0 Å². The van der Waals surface area contributed by atoms with E-state index >= 15 is 0 Å². The first kappa shape index (κ1) is 24.0. The summed E-state index contributed by atoms with van der Waals surface area (Å²) in [5, 5.41) is 36.3. The Morgan fingerprint density at radius 1 is 0.750 bits per heavy atom. The van der Waals surface area contributed by atoms with Crippen LogP contribution < -0.4 is 0 Å².